The van der Waals surface area contributed by atoms with Crippen LogP contribution >= 0.6 is 0 Å². The van der Waals surface area contributed by atoms with Crippen LogP contribution in [-0.2, 0) is 13.0 Å². The van der Waals surface area contributed by atoms with E-state index in [1.54, 1.807) is 12.3 Å². The predicted molar refractivity (Wildman–Crippen MR) is 119 cm³/mol. The van der Waals surface area contributed by atoms with Crippen molar-refractivity contribution in [2.24, 2.45) is 4.99 Å². The highest BCUT2D eigenvalue weighted by Crippen LogP contribution is 2.21. The number of pyridine rings is 1. The zero-order valence-corrected chi connectivity index (χ0v) is 17.0. The van der Waals surface area contributed by atoms with E-state index in [1.165, 1.54) is 5.56 Å². The maximum atomic E-state index is 12.8. The molecule has 7 heteroatoms. The molecule has 31 heavy (non-hydrogen) atoms. The summed E-state index contributed by atoms with van der Waals surface area (Å²) < 4.78 is 1.87. The van der Waals surface area contributed by atoms with Gasteiger partial charge in [0.25, 0.3) is 11.8 Å². The van der Waals surface area contributed by atoms with E-state index in [0.29, 0.717) is 35.8 Å². The zero-order chi connectivity index (χ0) is 21.2. The minimum absolute atomic E-state index is 0.111. The van der Waals surface area contributed by atoms with Gasteiger partial charge in [-0.3, -0.25) is 14.6 Å². The second kappa shape index (κ2) is 8.18. The highest BCUT2D eigenvalue weighted by molar-refractivity contribution is 6.01. The lowest BCUT2D eigenvalue weighted by atomic mass is 10.0. The van der Waals surface area contributed by atoms with Gasteiger partial charge in [0.05, 0.1) is 11.7 Å². The van der Waals surface area contributed by atoms with E-state index in [4.69, 9.17) is 0 Å². The summed E-state index contributed by atoms with van der Waals surface area (Å²) >= 11 is 0. The van der Waals surface area contributed by atoms with Crippen molar-refractivity contribution >= 4 is 29.1 Å². The SMILES string of the molecule is O=C(NC1=CCCC(Cc2ccccc2)N=C1)c1ccc2cc3n(c2n1)CCNC3=O. The third-order valence-electron chi connectivity index (χ3n) is 5.69. The minimum atomic E-state index is -0.281. The normalized spacial score (nSPS) is 18.1. The maximum Gasteiger partial charge on any atom is 0.274 e. The summed E-state index contributed by atoms with van der Waals surface area (Å²) in [7, 11) is 0. The monoisotopic (exact) mass is 413 g/mol. The van der Waals surface area contributed by atoms with Crippen LogP contribution in [0.15, 0.2) is 65.3 Å². The number of aliphatic imine (C=N–C) groups is 1. The Kier molecular flexibility index (Phi) is 5.08. The van der Waals surface area contributed by atoms with Crippen LogP contribution in [0, 0.1) is 0 Å². The third kappa shape index (κ3) is 3.99. The lowest BCUT2D eigenvalue weighted by Gasteiger charge is -2.16. The van der Waals surface area contributed by atoms with Gasteiger partial charge >= 0.3 is 0 Å². The average molecular weight is 413 g/mol. The second-order valence-corrected chi connectivity index (χ2v) is 7.86. The molecule has 0 aliphatic carbocycles. The van der Waals surface area contributed by atoms with E-state index in [0.717, 1.165) is 24.6 Å². The number of carbonyl (C=O) groups is 2. The number of carbonyl (C=O) groups excluding carboxylic acids is 2. The first-order valence-electron chi connectivity index (χ1n) is 10.5. The lowest BCUT2D eigenvalue weighted by Crippen LogP contribution is -2.35. The molecule has 156 valence electrons. The highest BCUT2D eigenvalue weighted by Gasteiger charge is 2.21. The first-order chi connectivity index (χ1) is 15.2. The number of benzene rings is 1. The van der Waals surface area contributed by atoms with Gasteiger partial charge in [0.1, 0.15) is 17.0 Å². The summed E-state index contributed by atoms with van der Waals surface area (Å²) in [5.41, 5.74) is 3.51. The molecular formula is C24H23N5O2. The number of nitrogens with zero attached hydrogens (tertiary/aromatic N) is 3. The quantitative estimate of drug-likeness (QED) is 0.689. The van der Waals surface area contributed by atoms with Crippen molar-refractivity contribution in [3.63, 3.8) is 0 Å². The molecule has 0 bridgehead atoms. The summed E-state index contributed by atoms with van der Waals surface area (Å²) in [5, 5.41) is 6.60. The van der Waals surface area contributed by atoms with Crippen molar-refractivity contribution in [1.82, 2.24) is 20.2 Å². The van der Waals surface area contributed by atoms with Gasteiger partial charge in [-0.05, 0) is 43.0 Å². The summed E-state index contributed by atoms with van der Waals surface area (Å²) in [6.45, 7) is 1.20. The van der Waals surface area contributed by atoms with Crippen molar-refractivity contribution in [1.29, 1.82) is 0 Å². The fourth-order valence-corrected chi connectivity index (χ4v) is 4.10. The zero-order valence-electron chi connectivity index (χ0n) is 17.0. The molecule has 2 amide bonds. The van der Waals surface area contributed by atoms with Crippen LogP contribution in [0.5, 0.6) is 0 Å². The van der Waals surface area contributed by atoms with Crippen molar-refractivity contribution in [3.05, 3.63) is 77.3 Å². The Balaban J connectivity index is 1.30. The molecule has 1 unspecified atom stereocenters. The molecule has 0 fully saturated rings. The Morgan fingerprint density at radius 1 is 1.19 bits per heavy atom. The topological polar surface area (TPSA) is 88.4 Å². The number of allylic oxidation sites excluding steroid dienone is 2. The molecule has 0 saturated carbocycles. The Hall–Kier alpha value is -3.74. The first-order valence-corrected chi connectivity index (χ1v) is 10.5. The number of fused-ring (bicyclic) bond motifs is 3. The van der Waals surface area contributed by atoms with Crippen LogP contribution in [0.3, 0.4) is 0 Å². The molecule has 5 rings (SSSR count). The fraction of sp³-hybridized carbons (Fsp3) is 0.250. The van der Waals surface area contributed by atoms with Crippen LogP contribution in [0.25, 0.3) is 11.0 Å². The smallest absolute Gasteiger partial charge is 0.274 e. The van der Waals surface area contributed by atoms with Gasteiger partial charge in [-0.15, -0.1) is 0 Å². The molecule has 0 spiro atoms. The molecule has 4 heterocycles. The summed E-state index contributed by atoms with van der Waals surface area (Å²) in [6, 6.07) is 15.8. The summed E-state index contributed by atoms with van der Waals surface area (Å²) in [6.07, 6.45) is 6.43. The number of amides is 2. The van der Waals surface area contributed by atoms with Crippen LogP contribution in [0.4, 0.5) is 0 Å². The number of rotatable bonds is 4. The van der Waals surface area contributed by atoms with E-state index in [1.807, 2.05) is 41.0 Å². The van der Waals surface area contributed by atoms with Gasteiger partial charge < -0.3 is 15.2 Å². The average Bonchev–Trinajstić information content (AvgIpc) is 3.03. The molecule has 1 atom stereocenters. The van der Waals surface area contributed by atoms with Crippen molar-refractivity contribution in [2.45, 2.75) is 31.8 Å². The number of aromatic nitrogens is 2. The maximum absolute atomic E-state index is 12.8. The Morgan fingerprint density at radius 3 is 2.94 bits per heavy atom. The van der Waals surface area contributed by atoms with Crippen LogP contribution in [0.1, 0.15) is 39.4 Å². The number of hydrogen-bond acceptors (Lipinski definition) is 4. The van der Waals surface area contributed by atoms with Crippen LogP contribution < -0.4 is 10.6 Å². The fourth-order valence-electron chi connectivity index (χ4n) is 4.10. The standard InChI is InChI=1S/C24H23N5O2/c30-23(20-10-9-17-14-21-24(31)25-11-12-29(21)22(17)28-20)27-19-8-4-7-18(26-15-19)13-16-5-2-1-3-6-16/h1-3,5-6,8-10,14-15,18H,4,7,11-13H2,(H,25,31)(H,27,30). The van der Waals surface area contributed by atoms with Crippen LogP contribution in [-0.4, -0.2) is 40.2 Å². The third-order valence-corrected chi connectivity index (χ3v) is 5.69. The van der Waals surface area contributed by atoms with E-state index in [-0.39, 0.29) is 17.9 Å². The molecule has 3 aromatic rings. The van der Waals surface area contributed by atoms with Gasteiger partial charge in [0, 0.05) is 24.7 Å². The van der Waals surface area contributed by atoms with E-state index in [2.05, 4.69) is 32.7 Å². The predicted octanol–water partition coefficient (Wildman–Crippen LogP) is 2.87. The first kappa shape index (κ1) is 19.2. The van der Waals surface area contributed by atoms with Crippen molar-refractivity contribution in [3.8, 4) is 0 Å². The molecule has 2 aromatic heterocycles. The summed E-state index contributed by atoms with van der Waals surface area (Å²) in [5.74, 6) is -0.392. The summed E-state index contributed by atoms with van der Waals surface area (Å²) in [4.78, 5) is 34.1. The van der Waals surface area contributed by atoms with Crippen molar-refractivity contribution in [2.75, 3.05) is 6.54 Å². The van der Waals surface area contributed by atoms with Gasteiger partial charge in [-0.25, -0.2) is 4.98 Å². The van der Waals surface area contributed by atoms with E-state index >= 15 is 0 Å². The van der Waals surface area contributed by atoms with E-state index in [9.17, 15) is 9.59 Å². The second-order valence-electron chi connectivity index (χ2n) is 7.86. The van der Waals surface area contributed by atoms with E-state index < -0.39 is 0 Å². The van der Waals surface area contributed by atoms with Gasteiger partial charge in [0.15, 0.2) is 0 Å². The van der Waals surface area contributed by atoms with Crippen LogP contribution in [0.2, 0.25) is 0 Å². The number of hydrogen-bond donors (Lipinski definition) is 2. The largest absolute Gasteiger partial charge is 0.349 e. The lowest BCUT2D eigenvalue weighted by molar-refractivity contribution is 0.0928. The Morgan fingerprint density at radius 2 is 2.06 bits per heavy atom. The Labute approximate surface area is 179 Å². The van der Waals surface area contributed by atoms with Gasteiger partial charge in [-0.2, -0.15) is 0 Å². The molecule has 2 N–H and O–H groups in total. The molecular weight excluding hydrogens is 390 g/mol. The highest BCUT2D eigenvalue weighted by atomic mass is 16.2. The molecule has 2 aliphatic rings. The molecule has 0 radical (unpaired) electrons. The molecule has 1 aromatic carbocycles. The van der Waals surface area contributed by atoms with Gasteiger partial charge in [-0.1, -0.05) is 36.4 Å². The molecule has 0 saturated heterocycles. The number of nitrogens with one attached hydrogen (secondary N) is 2. The minimum Gasteiger partial charge on any atom is -0.349 e. The molecule has 2 aliphatic heterocycles. The van der Waals surface area contributed by atoms with Gasteiger partial charge in [0.2, 0.25) is 0 Å². The molecule has 7 nitrogen and oxygen atoms in total. The van der Waals surface area contributed by atoms with Crippen molar-refractivity contribution < 1.29 is 9.59 Å². The Bertz CT molecular complexity index is 1210.